The number of hydrogen-bond acceptors (Lipinski definition) is 5. The average molecular weight is 498 g/mol. The molecule has 1 unspecified atom stereocenters. The molecule has 1 aliphatic rings. The molecule has 1 fully saturated rings. The molecule has 1 N–H and O–H groups in total. The molecule has 0 aliphatic carbocycles. The lowest BCUT2D eigenvalue weighted by atomic mass is 10.0. The molecule has 1 saturated heterocycles. The van der Waals surface area contributed by atoms with Gasteiger partial charge in [0.1, 0.15) is 6.04 Å². The van der Waals surface area contributed by atoms with Crippen LogP contribution >= 0.6 is 0 Å². The summed E-state index contributed by atoms with van der Waals surface area (Å²) in [6.45, 7) is 6.69. The number of carboxylic acids is 1. The molecule has 3 aromatic carbocycles. The molecule has 8 nitrogen and oxygen atoms in total. The number of aromatic nitrogens is 3. The van der Waals surface area contributed by atoms with Gasteiger partial charge in [0, 0.05) is 43.5 Å². The van der Waals surface area contributed by atoms with E-state index in [1.54, 1.807) is 4.57 Å². The van der Waals surface area contributed by atoms with Crippen LogP contribution in [-0.4, -0.2) is 56.5 Å². The van der Waals surface area contributed by atoms with Gasteiger partial charge in [-0.25, -0.2) is 4.79 Å². The summed E-state index contributed by atoms with van der Waals surface area (Å²) in [5.74, 6) is -0.183. The average Bonchev–Trinajstić information content (AvgIpc) is 3.27. The van der Waals surface area contributed by atoms with Gasteiger partial charge >= 0.3 is 11.7 Å². The molecule has 8 heteroatoms. The molecule has 0 spiro atoms. The first kappa shape index (κ1) is 24.5. The molecule has 190 valence electrons. The number of nitrogens with zero attached hydrogens (tertiary/aromatic N) is 5. The molecule has 4 aromatic rings. The van der Waals surface area contributed by atoms with Crippen molar-refractivity contribution in [3.63, 3.8) is 0 Å². The minimum atomic E-state index is -0.829. The zero-order valence-electron chi connectivity index (χ0n) is 21.1. The lowest BCUT2D eigenvalue weighted by molar-refractivity contribution is -0.143. The van der Waals surface area contributed by atoms with Crippen molar-refractivity contribution in [2.75, 3.05) is 31.1 Å². The minimum Gasteiger partial charge on any atom is -0.480 e. The van der Waals surface area contributed by atoms with Gasteiger partial charge in [-0.3, -0.25) is 14.3 Å². The summed E-state index contributed by atoms with van der Waals surface area (Å²) in [4.78, 5) is 29.5. The fourth-order valence-electron chi connectivity index (χ4n) is 4.98. The Kier molecular flexibility index (Phi) is 6.92. The molecule has 2 heterocycles. The number of hydrogen-bond donors (Lipinski definition) is 1. The van der Waals surface area contributed by atoms with Gasteiger partial charge in [-0.2, -0.15) is 4.68 Å². The number of aliphatic carboxylic acids is 1. The van der Waals surface area contributed by atoms with Crippen LogP contribution in [0.4, 0.5) is 5.69 Å². The summed E-state index contributed by atoms with van der Waals surface area (Å²) < 4.78 is 3.18. The number of carboxylic acid groups (broad SMARTS) is 1. The van der Waals surface area contributed by atoms with Crippen molar-refractivity contribution in [2.24, 2.45) is 0 Å². The number of carbonyl (C=O) groups is 1. The molecule has 37 heavy (non-hydrogen) atoms. The van der Waals surface area contributed by atoms with Crippen molar-refractivity contribution in [3.8, 4) is 17.1 Å². The van der Waals surface area contributed by atoms with E-state index in [4.69, 9.17) is 0 Å². The standard InChI is InChI=1S/C29H31N5O3/c1-21(2)33-27(23-11-7-4-8-12-23)30-34(29(33)37)25-15-13-24(14-16-25)31-17-19-32(20-18-31)26(28(35)36)22-9-5-3-6-10-22/h3-16,21,26H,17-20H2,1-2H3,(H,35,36). The van der Waals surface area contributed by atoms with Crippen LogP contribution in [0.1, 0.15) is 31.5 Å². The minimum absolute atomic E-state index is 0.0301. The third-order valence-electron chi connectivity index (χ3n) is 6.85. The smallest absolute Gasteiger partial charge is 0.351 e. The van der Waals surface area contributed by atoms with E-state index in [9.17, 15) is 14.7 Å². The molecular formula is C29H31N5O3. The largest absolute Gasteiger partial charge is 0.480 e. The second-order valence-corrected chi connectivity index (χ2v) is 9.54. The van der Waals surface area contributed by atoms with E-state index in [2.05, 4.69) is 10.00 Å². The third kappa shape index (κ3) is 4.93. The fourth-order valence-corrected chi connectivity index (χ4v) is 4.98. The first-order chi connectivity index (χ1) is 17.9. The first-order valence-electron chi connectivity index (χ1n) is 12.6. The van der Waals surface area contributed by atoms with Crippen molar-refractivity contribution in [2.45, 2.75) is 25.9 Å². The van der Waals surface area contributed by atoms with Gasteiger partial charge in [-0.05, 0) is 43.7 Å². The van der Waals surface area contributed by atoms with Crippen LogP contribution in [0.15, 0.2) is 89.7 Å². The highest BCUT2D eigenvalue weighted by Crippen LogP contribution is 2.26. The fraction of sp³-hybridized carbons (Fsp3) is 0.276. The Labute approximate surface area is 216 Å². The van der Waals surface area contributed by atoms with Crippen LogP contribution < -0.4 is 10.6 Å². The topological polar surface area (TPSA) is 83.6 Å². The van der Waals surface area contributed by atoms with Gasteiger partial charge in [-0.15, -0.1) is 5.10 Å². The van der Waals surface area contributed by atoms with Crippen LogP contribution in [0.5, 0.6) is 0 Å². The van der Waals surface area contributed by atoms with Crippen molar-refractivity contribution in [1.82, 2.24) is 19.2 Å². The molecule has 0 bridgehead atoms. The molecule has 1 atom stereocenters. The zero-order valence-corrected chi connectivity index (χ0v) is 21.1. The lowest BCUT2D eigenvalue weighted by Gasteiger charge is -2.39. The van der Waals surface area contributed by atoms with Crippen LogP contribution in [-0.2, 0) is 4.79 Å². The summed E-state index contributed by atoms with van der Waals surface area (Å²) in [6.07, 6.45) is 0. The molecular weight excluding hydrogens is 466 g/mol. The van der Waals surface area contributed by atoms with Crippen LogP contribution in [0.25, 0.3) is 17.1 Å². The Bertz CT molecular complexity index is 1400. The van der Waals surface area contributed by atoms with E-state index in [0.29, 0.717) is 24.6 Å². The Hall–Kier alpha value is -4.17. The molecule has 1 aromatic heterocycles. The van der Waals surface area contributed by atoms with E-state index in [1.807, 2.05) is 104 Å². The third-order valence-corrected chi connectivity index (χ3v) is 6.85. The van der Waals surface area contributed by atoms with Gasteiger partial charge in [0.15, 0.2) is 5.82 Å². The van der Waals surface area contributed by atoms with Gasteiger partial charge in [-0.1, -0.05) is 60.7 Å². The Morgan fingerprint density at radius 1 is 0.811 bits per heavy atom. The summed E-state index contributed by atoms with van der Waals surface area (Å²) >= 11 is 0. The van der Waals surface area contributed by atoms with E-state index in [1.165, 1.54) is 4.68 Å². The van der Waals surface area contributed by atoms with Crippen molar-refractivity contribution in [1.29, 1.82) is 0 Å². The van der Waals surface area contributed by atoms with E-state index in [0.717, 1.165) is 29.9 Å². The number of anilines is 1. The van der Waals surface area contributed by atoms with Gasteiger partial charge in [0.25, 0.3) is 0 Å². The maximum atomic E-state index is 13.3. The predicted octanol–water partition coefficient (Wildman–Crippen LogP) is 4.23. The Morgan fingerprint density at radius 3 is 1.95 bits per heavy atom. The molecule has 1 aliphatic heterocycles. The molecule has 0 amide bonds. The van der Waals surface area contributed by atoms with Crippen molar-refractivity contribution < 1.29 is 9.90 Å². The van der Waals surface area contributed by atoms with Crippen LogP contribution in [0, 0.1) is 0 Å². The summed E-state index contributed by atoms with van der Waals surface area (Å²) in [6, 6.07) is 26.3. The summed E-state index contributed by atoms with van der Waals surface area (Å²) in [5, 5.41) is 14.5. The predicted molar refractivity (Wildman–Crippen MR) is 144 cm³/mol. The molecule has 0 saturated carbocycles. The highest BCUT2D eigenvalue weighted by Gasteiger charge is 2.30. The molecule has 0 radical (unpaired) electrons. The maximum Gasteiger partial charge on any atom is 0.351 e. The van der Waals surface area contributed by atoms with Gasteiger partial charge in [0.05, 0.1) is 5.69 Å². The Morgan fingerprint density at radius 2 is 1.38 bits per heavy atom. The zero-order chi connectivity index (χ0) is 25.9. The number of piperazine rings is 1. The first-order valence-corrected chi connectivity index (χ1v) is 12.6. The number of rotatable bonds is 7. The molecule has 5 rings (SSSR count). The number of benzene rings is 3. The summed E-state index contributed by atoms with van der Waals surface area (Å²) in [5.41, 5.74) is 3.27. The van der Waals surface area contributed by atoms with Gasteiger partial charge in [0.2, 0.25) is 0 Å². The normalized spacial score (nSPS) is 15.2. The SMILES string of the molecule is CC(C)n1c(-c2ccccc2)nn(-c2ccc(N3CCN(C(C(=O)O)c4ccccc4)CC3)cc2)c1=O. The van der Waals surface area contributed by atoms with Crippen molar-refractivity contribution in [3.05, 3.63) is 101 Å². The second-order valence-electron chi connectivity index (χ2n) is 9.54. The van der Waals surface area contributed by atoms with E-state index in [-0.39, 0.29) is 11.7 Å². The van der Waals surface area contributed by atoms with E-state index < -0.39 is 12.0 Å². The van der Waals surface area contributed by atoms with Crippen LogP contribution in [0.3, 0.4) is 0 Å². The van der Waals surface area contributed by atoms with Crippen LogP contribution in [0.2, 0.25) is 0 Å². The Balaban J connectivity index is 1.33. The van der Waals surface area contributed by atoms with Gasteiger partial charge < -0.3 is 10.0 Å². The highest BCUT2D eigenvalue weighted by molar-refractivity contribution is 5.75. The van der Waals surface area contributed by atoms with Crippen molar-refractivity contribution >= 4 is 11.7 Å². The highest BCUT2D eigenvalue weighted by atomic mass is 16.4. The monoisotopic (exact) mass is 497 g/mol. The van der Waals surface area contributed by atoms with E-state index >= 15 is 0 Å². The second kappa shape index (κ2) is 10.4. The lowest BCUT2D eigenvalue weighted by Crippen LogP contribution is -2.49. The maximum absolute atomic E-state index is 13.3. The quantitative estimate of drug-likeness (QED) is 0.412. The summed E-state index contributed by atoms with van der Waals surface area (Å²) in [7, 11) is 0.